The van der Waals surface area contributed by atoms with Gasteiger partial charge in [0.15, 0.2) is 0 Å². The zero-order valence-electron chi connectivity index (χ0n) is 16.0. The summed E-state index contributed by atoms with van der Waals surface area (Å²) in [6.07, 6.45) is 5.01. The number of aliphatic hydroxyl groups excluding tert-OH is 1. The number of nitrogens with one attached hydrogen (secondary N) is 2. The fourth-order valence-electron chi connectivity index (χ4n) is 4.87. The van der Waals surface area contributed by atoms with Gasteiger partial charge in [-0.05, 0) is 71.8 Å². The van der Waals surface area contributed by atoms with Gasteiger partial charge in [-0.1, -0.05) is 0 Å². The van der Waals surface area contributed by atoms with Crippen LogP contribution in [-0.2, 0) is 4.79 Å². The van der Waals surface area contributed by atoms with Crippen LogP contribution in [0.5, 0.6) is 0 Å². The van der Waals surface area contributed by atoms with Gasteiger partial charge in [0.1, 0.15) is 0 Å². The van der Waals surface area contributed by atoms with E-state index in [2.05, 4.69) is 43.2 Å². The Bertz CT molecular complexity index is 407. The predicted molar refractivity (Wildman–Crippen MR) is 97.9 cm³/mol. The van der Waals surface area contributed by atoms with Gasteiger partial charge in [0.25, 0.3) is 0 Å². The monoisotopic (exact) mass is 339 g/mol. The number of nitrogens with zero attached hydrogens (tertiary/aromatic N) is 1. The molecule has 1 unspecified atom stereocenters. The largest absolute Gasteiger partial charge is 0.396 e. The summed E-state index contributed by atoms with van der Waals surface area (Å²) in [6.45, 7) is 12.9. The van der Waals surface area contributed by atoms with E-state index in [-0.39, 0.29) is 23.6 Å². The van der Waals surface area contributed by atoms with Crippen molar-refractivity contribution in [1.82, 2.24) is 15.5 Å². The van der Waals surface area contributed by atoms with Crippen LogP contribution >= 0.6 is 0 Å². The smallest absolute Gasteiger partial charge is 0.220 e. The Morgan fingerprint density at radius 2 is 1.88 bits per heavy atom. The maximum atomic E-state index is 12.3. The minimum absolute atomic E-state index is 0.0970. The van der Waals surface area contributed by atoms with E-state index < -0.39 is 0 Å². The molecule has 2 fully saturated rings. The molecule has 2 heterocycles. The van der Waals surface area contributed by atoms with Gasteiger partial charge in [-0.15, -0.1) is 0 Å². The molecule has 0 aromatic carbocycles. The van der Waals surface area contributed by atoms with E-state index in [0.29, 0.717) is 18.3 Å². The Hall–Kier alpha value is -0.650. The number of amides is 1. The quantitative estimate of drug-likeness (QED) is 0.690. The molecule has 0 radical (unpaired) electrons. The van der Waals surface area contributed by atoms with Crippen molar-refractivity contribution in [3.63, 3.8) is 0 Å². The van der Waals surface area contributed by atoms with E-state index in [1.165, 1.54) is 0 Å². The number of likely N-dealkylation sites (tertiary alicyclic amines) is 1. The zero-order chi connectivity index (χ0) is 17.8. The standard InChI is InChI=1S/C19H37N3O2/c1-18(2)11-16(12-19(3,4)21-18)10-17(24)20-7-9-22-8-5-6-15(13-22)14-23/h15-16,21,23H,5-14H2,1-4H3,(H,20,24). The minimum atomic E-state index is 0.0970. The molecular weight excluding hydrogens is 302 g/mol. The first-order valence-electron chi connectivity index (χ1n) is 9.58. The number of carbonyl (C=O) groups excluding carboxylic acids is 1. The Morgan fingerprint density at radius 3 is 2.50 bits per heavy atom. The van der Waals surface area contributed by atoms with E-state index in [0.717, 1.165) is 51.9 Å². The molecule has 0 aromatic heterocycles. The molecule has 140 valence electrons. The SMILES string of the molecule is CC1(C)CC(CC(=O)NCCN2CCCC(CO)C2)CC(C)(C)N1. The van der Waals surface area contributed by atoms with Crippen LogP contribution in [0.15, 0.2) is 0 Å². The van der Waals surface area contributed by atoms with Crippen molar-refractivity contribution in [3.05, 3.63) is 0 Å². The molecule has 2 aliphatic rings. The third-order valence-corrected chi connectivity index (χ3v) is 5.36. The summed E-state index contributed by atoms with van der Waals surface area (Å²) >= 11 is 0. The van der Waals surface area contributed by atoms with Crippen molar-refractivity contribution < 1.29 is 9.90 Å². The predicted octanol–water partition coefficient (Wildman–Crippen LogP) is 1.75. The van der Waals surface area contributed by atoms with Crippen LogP contribution in [0.4, 0.5) is 0 Å². The van der Waals surface area contributed by atoms with Crippen molar-refractivity contribution in [2.75, 3.05) is 32.8 Å². The van der Waals surface area contributed by atoms with Crippen molar-refractivity contribution in [1.29, 1.82) is 0 Å². The van der Waals surface area contributed by atoms with Crippen LogP contribution in [-0.4, -0.2) is 59.8 Å². The number of rotatable bonds is 6. The Kier molecular flexibility index (Phi) is 6.68. The Labute approximate surface area is 147 Å². The summed E-state index contributed by atoms with van der Waals surface area (Å²) in [5, 5.41) is 16.1. The van der Waals surface area contributed by atoms with Gasteiger partial charge < -0.3 is 20.6 Å². The van der Waals surface area contributed by atoms with Crippen molar-refractivity contribution in [2.45, 2.75) is 70.9 Å². The molecule has 5 heteroatoms. The van der Waals surface area contributed by atoms with E-state index in [4.69, 9.17) is 0 Å². The van der Waals surface area contributed by atoms with Gasteiger partial charge in [0, 0.05) is 43.7 Å². The third kappa shape index (κ3) is 6.34. The van der Waals surface area contributed by atoms with E-state index >= 15 is 0 Å². The Morgan fingerprint density at radius 1 is 1.21 bits per heavy atom. The van der Waals surface area contributed by atoms with Crippen LogP contribution in [0.1, 0.15) is 59.8 Å². The molecule has 0 bridgehead atoms. The fourth-order valence-corrected chi connectivity index (χ4v) is 4.87. The highest BCUT2D eigenvalue weighted by Crippen LogP contribution is 2.34. The lowest BCUT2D eigenvalue weighted by Crippen LogP contribution is -2.58. The third-order valence-electron chi connectivity index (χ3n) is 5.36. The summed E-state index contributed by atoms with van der Waals surface area (Å²) < 4.78 is 0. The van der Waals surface area contributed by atoms with Crippen molar-refractivity contribution in [3.8, 4) is 0 Å². The van der Waals surface area contributed by atoms with Gasteiger partial charge in [0.05, 0.1) is 0 Å². The summed E-state index contributed by atoms with van der Waals surface area (Å²) in [4.78, 5) is 14.7. The molecule has 0 spiro atoms. The van der Waals surface area contributed by atoms with Crippen LogP contribution in [0.25, 0.3) is 0 Å². The molecule has 24 heavy (non-hydrogen) atoms. The molecule has 5 nitrogen and oxygen atoms in total. The lowest BCUT2D eigenvalue weighted by Gasteiger charge is -2.46. The zero-order valence-corrected chi connectivity index (χ0v) is 16.0. The van der Waals surface area contributed by atoms with Gasteiger partial charge >= 0.3 is 0 Å². The average molecular weight is 340 g/mol. The van der Waals surface area contributed by atoms with Crippen LogP contribution in [0.2, 0.25) is 0 Å². The van der Waals surface area contributed by atoms with Crippen LogP contribution < -0.4 is 10.6 Å². The second kappa shape index (κ2) is 8.15. The number of piperidine rings is 2. The van der Waals surface area contributed by atoms with Gasteiger partial charge in [-0.3, -0.25) is 4.79 Å². The number of carbonyl (C=O) groups is 1. The first-order chi connectivity index (χ1) is 11.2. The summed E-state index contributed by atoms with van der Waals surface area (Å²) in [5.41, 5.74) is 0.194. The first-order valence-corrected chi connectivity index (χ1v) is 9.58. The lowest BCUT2D eigenvalue weighted by atomic mass is 9.74. The minimum Gasteiger partial charge on any atom is -0.396 e. The molecule has 3 N–H and O–H groups in total. The van der Waals surface area contributed by atoms with Gasteiger partial charge in [-0.25, -0.2) is 0 Å². The molecular formula is C19H37N3O2. The van der Waals surface area contributed by atoms with Crippen molar-refractivity contribution >= 4 is 5.91 Å². The molecule has 0 aromatic rings. The number of hydrogen-bond donors (Lipinski definition) is 3. The second-order valence-corrected chi connectivity index (χ2v) is 9.21. The number of hydrogen-bond acceptors (Lipinski definition) is 4. The highest BCUT2D eigenvalue weighted by atomic mass is 16.3. The molecule has 1 atom stereocenters. The van der Waals surface area contributed by atoms with Crippen LogP contribution in [0.3, 0.4) is 0 Å². The highest BCUT2D eigenvalue weighted by Gasteiger charge is 2.38. The van der Waals surface area contributed by atoms with Crippen LogP contribution in [0, 0.1) is 11.8 Å². The van der Waals surface area contributed by atoms with E-state index in [1.807, 2.05) is 0 Å². The normalized spacial score (nSPS) is 27.8. The molecule has 0 saturated carbocycles. The molecule has 2 saturated heterocycles. The summed E-state index contributed by atoms with van der Waals surface area (Å²) in [5.74, 6) is 1.04. The lowest BCUT2D eigenvalue weighted by molar-refractivity contribution is -0.122. The Balaban J connectivity index is 1.69. The number of aliphatic hydroxyl groups is 1. The highest BCUT2D eigenvalue weighted by molar-refractivity contribution is 5.76. The molecule has 0 aliphatic carbocycles. The van der Waals surface area contributed by atoms with Gasteiger partial charge in [-0.2, -0.15) is 0 Å². The van der Waals surface area contributed by atoms with E-state index in [1.54, 1.807) is 0 Å². The fraction of sp³-hybridized carbons (Fsp3) is 0.947. The maximum absolute atomic E-state index is 12.3. The average Bonchev–Trinajstić information content (AvgIpc) is 2.44. The molecule has 2 aliphatic heterocycles. The molecule has 1 amide bonds. The molecule has 2 rings (SSSR count). The summed E-state index contributed by atoms with van der Waals surface area (Å²) in [7, 11) is 0. The summed E-state index contributed by atoms with van der Waals surface area (Å²) in [6, 6.07) is 0. The van der Waals surface area contributed by atoms with Gasteiger partial charge in [0.2, 0.25) is 5.91 Å². The van der Waals surface area contributed by atoms with E-state index in [9.17, 15) is 9.90 Å². The second-order valence-electron chi connectivity index (χ2n) is 9.21. The first kappa shape index (κ1) is 19.7. The topological polar surface area (TPSA) is 64.6 Å². The maximum Gasteiger partial charge on any atom is 0.220 e. The van der Waals surface area contributed by atoms with Crippen molar-refractivity contribution in [2.24, 2.45) is 11.8 Å².